The average Bonchev–Trinajstić information content (AvgIpc) is 2.75. The lowest BCUT2D eigenvalue weighted by Crippen LogP contribution is -2.15. The number of benzene rings is 3. The van der Waals surface area contributed by atoms with Crippen molar-refractivity contribution in [1.29, 1.82) is 0 Å². The summed E-state index contributed by atoms with van der Waals surface area (Å²) >= 11 is 6.13. The standard InChI is InChI=1S/C21H17ClN2O5S/c1-29-21(26)14-7-9-15(10-8-14)23-20(25)18-13-16(11-12-19(18)22)24-30(27,28)17-5-3-2-4-6-17/h2-13,24H,1H3,(H,23,25). The molecule has 9 heteroatoms. The van der Waals surface area contributed by atoms with Gasteiger partial charge in [-0.05, 0) is 54.6 Å². The molecular weight excluding hydrogens is 428 g/mol. The topological polar surface area (TPSA) is 102 Å². The molecule has 154 valence electrons. The highest BCUT2D eigenvalue weighted by Gasteiger charge is 2.17. The van der Waals surface area contributed by atoms with Crippen LogP contribution in [0.4, 0.5) is 11.4 Å². The van der Waals surface area contributed by atoms with Crippen molar-refractivity contribution in [2.45, 2.75) is 4.90 Å². The quantitative estimate of drug-likeness (QED) is 0.555. The Labute approximate surface area is 178 Å². The number of hydrogen-bond acceptors (Lipinski definition) is 5. The third kappa shape index (κ3) is 4.97. The van der Waals surface area contributed by atoms with E-state index in [4.69, 9.17) is 11.6 Å². The van der Waals surface area contributed by atoms with Crippen molar-refractivity contribution in [2.75, 3.05) is 17.1 Å². The minimum Gasteiger partial charge on any atom is -0.465 e. The van der Waals surface area contributed by atoms with Crippen LogP contribution in [-0.2, 0) is 14.8 Å². The molecule has 0 atom stereocenters. The second-order valence-corrected chi connectivity index (χ2v) is 8.23. The van der Waals surface area contributed by atoms with Crippen molar-refractivity contribution in [1.82, 2.24) is 0 Å². The van der Waals surface area contributed by atoms with E-state index < -0.39 is 21.9 Å². The number of carbonyl (C=O) groups is 2. The Hall–Kier alpha value is -3.36. The lowest BCUT2D eigenvalue weighted by molar-refractivity contribution is 0.0600. The number of ether oxygens (including phenoxy) is 1. The molecule has 0 radical (unpaired) electrons. The van der Waals surface area contributed by atoms with Crippen LogP contribution in [0.2, 0.25) is 5.02 Å². The average molecular weight is 445 g/mol. The summed E-state index contributed by atoms with van der Waals surface area (Å²) in [6.07, 6.45) is 0. The minimum absolute atomic E-state index is 0.0852. The lowest BCUT2D eigenvalue weighted by atomic mass is 10.1. The Morgan fingerprint density at radius 2 is 1.53 bits per heavy atom. The van der Waals surface area contributed by atoms with Gasteiger partial charge in [-0.1, -0.05) is 29.8 Å². The van der Waals surface area contributed by atoms with Gasteiger partial charge in [-0.25, -0.2) is 13.2 Å². The van der Waals surface area contributed by atoms with Crippen LogP contribution in [0.5, 0.6) is 0 Å². The molecule has 0 aromatic heterocycles. The molecule has 1 amide bonds. The summed E-state index contributed by atoms with van der Waals surface area (Å²) in [5.74, 6) is -1.03. The van der Waals surface area contributed by atoms with Gasteiger partial charge < -0.3 is 10.1 Å². The molecule has 0 aliphatic heterocycles. The molecule has 0 unspecified atom stereocenters. The first-order valence-corrected chi connectivity index (χ1v) is 10.5. The van der Waals surface area contributed by atoms with E-state index in [1.807, 2.05) is 0 Å². The third-order valence-corrected chi connectivity index (χ3v) is 5.81. The molecule has 3 aromatic carbocycles. The van der Waals surface area contributed by atoms with Crippen molar-refractivity contribution in [3.63, 3.8) is 0 Å². The summed E-state index contributed by atoms with van der Waals surface area (Å²) in [4.78, 5) is 24.2. The summed E-state index contributed by atoms with van der Waals surface area (Å²) in [5.41, 5.74) is 1.04. The Morgan fingerprint density at radius 1 is 0.900 bits per heavy atom. The maximum absolute atomic E-state index is 12.6. The minimum atomic E-state index is -3.81. The van der Waals surface area contributed by atoms with Gasteiger partial charge >= 0.3 is 5.97 Å². The number of sulfonamides is 1. The van der Waals surface area contributed by atoms with Crippen molar-refractivity contribution in [3.8, 4) is 0 Å². The first kappa shape index (κ1) is 21.4. The number of halogens is 1. The van der Waals surface area contributed by atoms with Crippen LogP contribution in [0, 0.1) is 0 Å². The van der Waals surface area contributed by atoms with Gasteiger partial charge in [-0.15, -0.1) is 0 Å². The van der Waals surface area contributed by atoms with E-state index in [1.165, 1.54) is 49.6 Å². The van der Waals surface area contributed by atoms with Gasteiger partial charge in [0.25, 0.3) is 15.9 Å². The maximum atomic E-state index is 12.6. The lowest BCUT2D eigenvalue weighted by Gasteiger charge is -2.11. The monoisotopic (exact) mass is 444 g/mol. The molecule has 3 aromatic rings. The van der Waals surface area contributed by atoms with Crippen molar-refractivity contribution >= 4 is 44.9 Å². The molecule has 0 saturated heterocycles. The van der Waals surface area contributed by atoms with E-state index in [9.17, 15) is 18.0 Å². The Balaban J connectivity index is 1.79. The number of nitrogens with one attached hydrogen (secondary N) is 2. The molecule has 30 heavy (non-hydrogen) atoms. The molecule has 0 aliphatic carbocycles. The van der Waals surface area contributed by atoms with E-state index in [2.05, 4.69) is 14.8 Å². The molecule has 0 aliphatic rings. The fourth-order valence-corrected chi connectivity index (χ4v) is 3.86. The zero-order valence-electron chi connectivity index (χ0n) is 15.8. The fraction of sp³-hybridized carbons (Fsp3) is 0.0476. The van der Waals surface area contributed by atoms with E-state index >= 15 is 0 Å². The summed E-state index contributed by atoms with van der Waals surface area (Å²) in [5, 5.41) is 2.81. The maximum Gasteiger partial charge on any atom is 0.337 e. The summed E-state index contributed by atoms with van der Waals surface area (Å²) in [6.45, 7) is 0. The summed E-state index contributed by atoms with van der Waals surface area (Å²) < 4.78 is 32.0. The summed E-state index contributed by atoms with van der Waals surface area (Å²) in [7, 11) is -2.53. The fourth-order valence-electron chi connectivity index (χ4n) is 2.58. The van der Waals surface area contributed by atoms with Gasteiger partial charge in [0.15, 0.2) is 0 Å². The number of hydrogen-bond donors (Lipinski definition) is 2. The largest absolute Gasteiger partial charge is 0.465 e. The van der Waals surface area contributed by atoms with Gasteiger partial charge in [0.05, 0.1) is 28.2 Å². The van der Waals surface area contributed by atoms with E-state index in [-0.39, 0.29) is 21.2 Å². The molecule has 7 nitrogen and oxygen atoms in total. The van der Waals surface area contributed by atoms with Crippen LogP contribution >= 0.6 is 11.6 Å². The normalized spacial score (nSPS) is 10.9. The van der Waals surface area contributed by atoms with Gasteiger partial charge in [-0.2, -0.15) is 0 Å². The van der Waals surface area contributed by atoms with E-state index in [1.54, 1.807) is 30.3 Å². The smallest absolute Gasteiger partial charge is 0.337 e. The molecule has 0 spiro atoms. The highest BCUT2D eigenvalue weighted by Crippen LogP contribution is 2.24. The van der Waals surface area contributed by atoms with Gasteiger partial charge in [0, 0.05) is 11.4 Å². The SMILES string of the molecule is COC(=O)c1ccc(NC(=O)c2cc(NS(=O)(=O)c3ccccc3)ccc2Cl)cc1. The Bertz CT molecular complexity index is 1180. The molecule has 0 heterocycles. The molecular formula is C21H17ClN2O5S. The predicted molar refractivity (Wildman–Crippen MR) is 114 cm³/mol. The first-order valence-electron chi connectivity index (χ1n) is 8.67. The number of anilines is 2. The molecule has 0 bridgehead atoms. The van der Waals surface area contributed by atoms with Crippen molar-refractivity contribution in [2.24, 2.45) is 0 Å². The number of esters is 1. The number of methoxy groups -OCH3 is 1. The van der Waals surface area contributed by atoms with Crippen molar-refractivity contribution < 1.29 is 22.7 Å². The molecule has 2 N–H and O–H groups in total. The number of amides is 1. The first-order chi connectivity index (χ1) is 14.3. The van der Waals surface area contributed by atoms with Gasteiger partial charge in [-0.3, -0.25) is 9.52 Å². The zero-order chi connectivity index (χ0) is 21.7. The van der Waals surface area contributed by atoms with Crippen LogP contribution < -0.4 is 10.0 Å². The van der Waals surface area contributed by atoms with Gasteiger partial charge in [0.1, 0.15) is 0 Å². The van der Waals surface area contributed by atoms with E-state index in [0.29, 0.717) is 11.3 Å². The zero-order valence-corrected chi connectivity index (χ0v) is 17.3. The summed E-state index contributed by atoms with van der Waals surface area (Å²) in [6, 6.07) is 18.2. The number of rotatable bonds is 6. The molecule has 3 rings (SSSR count). The van der Waals surface area contributed by atoms with Crippen LogP contribution in [-0.4, -0.2) is 27.4 Å². The van der Waals surface area contributed by atoms with Crippen LogP contribution in [0.3, 0.4) is 0 Å². The number of carbonyl (C=O) groups excluding carboxylic acids is 2. The van der Waals surface area contributed by atoms with Crippen LogP contribution in [0.15, 0.2) is 77.7 Å². The second-order valence-electron chi connectivity index (χ2n) is 6.14. The molecule has 0 fully saturated rings. The second kappa shape index (κ2) is 8.98. The van der Waals surface area contributed by atoms with Crippen LogP contribution in [0.25, 0.3) is 0 Å². The van der Waals surface area contributed by atoms with Crippen LogP contribution in [0.1, 0.15) is 20.7 Å². The van der Waals surface area contributed by atoms with Gasteiger partial charge in [0.2, 0.25) is 0 Å². The van der Waals surface area contributed by atoms with Crippen molar-refractivity contribution in [3.05, 3.63) is 88.9 Å². The molecule has 0 saturated carbocycles. The predicted octanol–water partition coefficient (Wildman–Crippen LogP) is 4.18. The Morgan fingerprint density at radius 3 is 2.17 bits per heavy atom. The highest BCUT2D eigenvalue weighted by atomic mass is 35.5. The van der Waals surface area contributed by atoms with E-state index in [0.717, 1.165) is 0 Å². The highest BCUT2D eigenvalue weighted by molar-refractivity contribution is 7.92. The Kier molecular flexibility index (Phi) is 6.39. The third-order valence-electron chi connectivity index (χ3n) is 4.08.